The number of hydrogen-bond acceptors (Lipinski definition) is 5. The average Bonchev–Trinajstić information content (AvgIpc) is 2.49. The van der Waals surface area contributed by atoms with Crippen molar-refractivity contribution in [2.24, 2.45) is 5.92 Å². The maximum absolute atomic E-state index is 12.2. The zero-order valence-electron chi connectivity index (χ0n) is 14.9. The molecule has 0 unspecified atom stereocenters. The molecule has 1 atom stereocenters. The van der Waals surface area contributed by atoms with E-state index in [1.54, 1.807) is 27.7 Å². The van der Waals surface area contributed by atoms with Crippen molar-refractivity contribution in [1.82, 2.24) is 14.9 Å². The lowest BCUT2D eigenvalue weighted by Crippen LogP contribution is -2.47. The molecule has 24 heavy (non-hydrogen) atoms. The fraction of sp³-hybridized carbons (Fsp3) is 0.867. The molecule has 140 valence electrons. The lowest BCUT2D eigenvalue weighted by molar-refractivity contribution is -0.126. The van der Waals surface area contributed by atoms with E-state index in [-0.39, 0.29) is 37.2 Å². The second kappa shape index (κ2) is 8.66. The molecule has 8 nitrogen and oxygen atoms in total. The second-order valence-corrected chi connectivity index (χ2v) is 9.08. The van der Waals surface area contributed by atoms with Crippen LogP contribution < -0.4 is 10.6 Å². The van der Waals surface area contributed by atoms with Crippen LogP contribution in [0.25, 0.3) is 0 Å². The molecule has 0 radical (unpaired) electrons. The molecular weight excluding hydrogens is 334 g/mol. The minimum atomic E-state index is -3.26. The summed E-state index contributed by atoms with van der Waals surface area (Å²) in [5.41, 5.74) is -0.566. The van der Waals surface area contributed by atoms with Crippen molar-refractivity contribution >= 4 is 22.0 Å². The maximum atomic E-state index is 12.2. The highest BCUT2D eigenvalue weighted by atomic mass is 32.2. The highest BCUT2D eigenvalue weighted by molar-refractivity contribution is 7.89. The number of alkyl carbamates (subject to hydrolysis) is 1. The number of sulfonamides is 1. The van der Waals surface area contributed by atoms with E-state index in [2.05, 4.69) is 10.6 Å². The third-order valence-electron chi connectivity index (χ3n) is 3.61. The highest BCUT2D eigenvalue weighted by Gasteiger charge is 2.31. The number of ether oxygens (including phenoxy) is 1. The van der Waals surface area contributed by atoms with Crippen molar-refractivity contribution in [2.45, 2.75) is 46.1 Å². The van der Waals surface area contributed by atoms with Gasteiger partial charge in [-0.25, -0.2) is 17.5 Å². The standard InChI is InChI=1S/C15H29N3O5S/c1-5-24(21,22)18-10-6-7-12(11-18)13(19)16-8-9-17-14(20)23-15(2,3)4/h12H,5-11H2,1-4H3,(H,16,19)(H,17,20)/t12-/m0/s1. The zero-order valence-corrected chi connectivity index (χ0v) is 15.7. The van der Waals surface area contributed by atoms with Gasteiger partial charge in [0, 0.05) is 26.2 Å². The molecular formula is C15H29N3O5S. The van der Waals surface area contributed by atoms with Gasteiger partial charge in [0.2, 0.25) is 15.9 Å². The lowest BCUT2D eigenvalue weighted by atomic mass is 9.99. The summed E-state index contributed by atoms with van der Waals surface area (Å²) in [7, 11) is -3.26. The Morgan fingerprint density at radius 3 is 2.42 bits per heavy atom. The fourth-order valence-corrected chi connectivity index (χ4v) is 3.58. The predicted octanol–water partition coefficient (Wildman–Crippen LogP) is 0.689. The van der Waals surface area contributed by atoms with Crippen LogP contribution in [0.5, 0.6) is 0 Å². The monoisotopic (exact) mass is 363 g/mol. The van der Waals surface area contributed by atoms with E-state index in [0.29, 0.717) is 19.4 Å². The van der Waals surface area contributed by atoms with Gasteiger partial charge in [0.15, 0.2) is 0 Å². The first-order valence-electron chi connectivity index (χ1n) is 8.27. The van der Waals surface area contributed by atoms with E-state index in [9.17, 15) is 18.0 Å². The minimum Gasteiger partial charge on any atom is -0.444 e. The van der Waals surface area contributed by atoms with Crippen LogP contribution >= 0.6 is 0 Å². The van der Waals surface area contributed by atoms with Crippen molar-refractivity contribution in [3.63, 3.8) is 0 Å². The van der Waals surface area contributed by atoms with Crippen molar-refractivity contribution in [1.29, 1.82) is 0 Å². The summed E-state index contributed by atoms with van der Waals surface area (Å²) in [6.45, 7) is 8.14. The Morgan fingerprint density at radius 2 is 1.83 bits per heavy atom. The Labute approximate surface area is 144 Å². The van der Waals surface area contributed by atoms with Crippen molar-refractivity contribution in [2.75, 3.05) is 31.9 Å². The van der Waals surface area contributed by atoms with E-state index in [1.165, 1.54) is 4.31 Å². The molecule has 2 N–H and O–H groups in total. The summed E-state index contributed by atoms with van der Waals surface area (Å²) < 4.78 is 30.3. The van der Waals surface area contributed by atoms with Gasteiger partial charge >= 0.3 is 6.09 Å². The molecule has 9 heteroatoms. The minimum absolute atomic E-state index is 0.0428. The third kappa shape index (κ3) is 7.04. The largest absolute Gasteiger partial charge is 0.444 e. The van der Waals surface area contributed by atoms with Crippen molar-refractivity contribution in [3.8, 4) is 0 Å². The molecule has 1 saturated heterocycles. The average molecular weight is 363 g/mol. The Balaban J connectivity index is 2.34. The molecule has 2 amide bonds. The molecule has 0 aromatic heterocycles. The summed E-state index contributed by atoms with van der Waals surface area (Å²) >= 11 is 0. The SMILES string of the molecule is CCS(=O)(=O)N1CCC[C@H](C(=O)NCCNC(=O)OC(C)(C)C)C1. The molecule has 0 saturated carbocycles. The van der Waals surface area contributed by atoms with Gasteiger partial charge in [-0.2, -0.15) is 0 Å². The summed E-state index contributed by atoms with van der Waals surface area (Å²) in [4.78, 5) is 23.6. The van der Waals surface area contributed by atoms with Gasteiger partial charge in [0.05, 0.1) is 11.7 Å². The number of amides is 2. The van der Waals surface area contributed by atoms with Gasteiger partial charge in [-0.05, 0) is 40.5 Å². The number of nitrogens with zero attached hydrogens (tertiary/aromatic N) is 1. The summed E-state index contributed by atoms with van der Waals surface area (Å²) in [5.74, 6) is -0.486. The Kier molecular flexibility index (Phi) is 7.47. The quantitative estimate of drug-likeness (QED) is 0.676. The van der Waals surface area contributed by atoms with Crippen LogP contribution in [0.3, 0.4) is 0 Å². The Hall–Kier alpha value is -1.35. The molecule has 1 aliphatic heterocycles. The van der Waals surface area contributed by atoms with Crippen LogP contribution in [0.4, 0.5) is 4.79 Å². The number of piperidine rings is 1. The molecule has 1 fully saturated rings. The second-order valence-electron chi connectivity index (χ2n) is 6.82. The predicted molar refractivity (Wildman–Crippen MR) is 91.0 cm³/mol. The van der Waals surface area contributed by atoms with E-state index < -0.39 is 21.7 Å². The van der Waals surface area contributed by atoms with Crippen LogP contribution in [0.1, 0.15) is 40.5 Å². The lowest BCUT2D eigenvalue weighted by Gasteiger charge is -2.30. The van der Waals surface area contributed by atoms with Gasteiger partial charge in [-0.15, -0.1) is 0 Å². The number of hydrogen-bond donors (Lipinski definition) is 2. The van der Waals surface area contributed by atoms with Crippen molar-refractivity contribution in [3.05, 3.63) is 0 Å². The van der Waals surface area contributed by atoms with Crippen LogP contribution in [-0.2, 0) is 19.6 Å². The molecule has 0 spiro atoms. The normalized spacial score (nSPS) is 19.6. The van der Waals surface area contributed by atoms with Crippen LogP contribution in [0.2, 0.25) is 0 Å². The number of carbonyl (C=O) groups is 2. The molecule has 1 heterocycles. The molecule has 1 aliphatic rings. The smallest absolute Gasteiger partial charge is 0.407 e. The number of rotatable bonds is 6. The zero-order chi connectivity index (χ0) is 18.4. The summed E-state index contributed by atoms with van der Waals surface area (Å²) in [6, 6.07) is 0. The molecule has 1 rings (SSSR count). The van der Waals surface area contributed by atoms with Crippen LogP contribution in [0.15, 0.2) is 0 Å². The maximum Gasteiger partial charge on any atom is 0.407 e. The number of carbonyl (C=O) groups excluding carboxylic acids is 2. The highest BCUT2D eigenvalue weighted by Crippen LogP contribution is 2.19. The first-order valence-corrected chi connectivity index (χ1v) is 9.88. The van der Waals surface area contributed by atoms with Crippen molar-refractivity contribution < 1.29 is 22.7 Å². The molecule has 0 aliphatic carbocycles. The van der Waals surface area contributed by atoms with Crippen LogP contribution in [0, 0.1) is 5.92 Å². The molecule has 0 bridgehead atoms. The first-order chi connectivity index (χ1) is 11.0. The van der Waals surface area contributed by atoms with E-state index >= 15 is 0 Å². The topological polar surface area (TPSA) is 105 Å². The Morgan fingerprint density at radius 1 is 1.21 bits per heavy atom. The fourth-order valence-electron chi connectivity index (χ4n) is 2.40. The first kappa shape index (κ1) is 20.7. The van der Waals surface area contributed by atoms with Gasteiger partial charge in [0.25, 0.3) is 0 Å². The summed E-state index contributed by atoms with van der Waals surface area (Å²) in [6.07, 6.45) is 0.809. The third-order valence-corrected chi connectivity index (χ3v) is 5.45. The Bertz CT molecular complexity index is 542. The van der Waals surface area contributed by atoms with E-state index in [0.717, 1.165) is 0 Å². The van der Waals surface area contributed by atoms with E-state index in [4.69, 9.17) is 4.74 Å². The molecule has 0 aromatic rings. The van der Waals surface area contributed by atoms with Crippen LogP contribution in [-0.4, -0.2) is 62.3 Å². The number of nitrogens with one attached hydrogen (secondary N) is 2. The van der Waals surface area contributed by atoms with Gasteiger partial charge in [-0.3, -0.25) is 4.79 Å². The van der Waals surface area contributed by atoms with Gasteiger partial charge in [-0.1, -0.05) is 0 Å². The van der Waals surface area contributed by atoms with Gasteiger partial charge in [0.1, 0.15) is 5.60 Å². The molecule has 0 aromatic carbocycles. The van der Waals surface area contributed by atoms with Gasteiger partial charge < -0.3 is 15.4 Å². The van der Waals surface area contributed by atoms with E-state index in [1.807, 2.05) is 0 Å². The summed E-state index contributed by atoms with van der Waals surface area (Å²) in [5, 5.41) is 5.29.